The number of pyridine rings is 1. The van der Waals surface area contributed by atoms with Crippen LogP contribution in [0.15, 0.2) is 101 Å². The van der Waals surface area contributed by atoms with Crippen LogP contribution in [0.5, 0.6) is 0 Å². The maximum atomic E-state index is 14.1. The van der Waals surface area contributed by atoms with Crippen LogP contribution in [0.25, 0.3) is 21.4 Å². The van der Waals surface area contributed by atoms with Crippen LogP contribution in [0.3, 0.4) is 0 Å². The molecule has 12 heteroatoms. The fourth-order valence-electron chi connectivity index (χ4n) is 6.60. The van der Waals surface area contributed by atoms with E-state index in [9.17, 15) is 24.3 Å². The number of aromatic nitrogens is 1. The average Bonchev–Trinajstić information content (AvgIpc) is 3.92. The molecule has 4 amide bonds. The van der Waals surface area contributed by atoms with Crippen molar-refractivity contribution < 1.29 is 28.7 Å². The van der Waals surface area contributed by atoms with E-state index < -0.39 is 41.5 Å². The number of aliphatic hydroxyl groups is 1. The van der Waals surface area contributed by atoms with Crippen LogP contribution < -0.4 is 16.0 Å². The molecule has 5 aromatic rings. The molecule has 1 unspecified atom stereocenters. The second kappa shape index (κ2) is 16.1. The molecule has 0 radical (unpaired) electrons. The lowest BCUT2D eigenvalue weighted by Crippen LogP contribution is -2.57. The largest absolute Gasteiger partial charge is 0.459 e. The zero-order chi connectivity index (χ0) is 37.7. The third-order valence-corrected chi connectivity index (χ3v) is 10.4. The van der Waals surface area contributed by atoms with Gasteiger partial charge < -0.3 is 30.4 Å². The number of thiophene rings is 1. The molecule has 1 saturated heterocycles. The topological polar surface area (TPSA) is 154 Å². The number of para-hydroxylation sites is 1. The predicted molar refractivity (Wildman–Crippen MR) is 203 cm³/mol. The van der Waals surface area contributed by atoms with E-state index in [1.807, 2.05) is 99.8 Å². The van der Waals surface area contributed by atoms with Gasteiger partial charge in [0.05, 0.1) is 12.1 Å². The van der Waals surface area contributed by atoms with Gasteiger partial charge in [-0.25, -0.2) is 0 Å². The van der Waals surface area contributed by atoms with Crippen molar-refractivity contribution in [3.05, 3.63) is 114 Å². The second-order valence-electron chi connectivity index (χ2n) is 14.6. The van der Waals surface area contributed by atoms with Crippen LogP contribution in [0.4, 0.5) is 0 Å². The van der Waals surface area contributed by atoms with Crippen LogP contribution in [0.2, 0.25) is 0 Å². The summed E-state index contributed by atoms with van der Waals surface area (Å²) in [5, 5.41) is 22.3. The highest BCUT2D eigenvalue weighted by Crippen LogP contribution is 2.30. The van der Waals surface area contributed by atoms with Gasteiger partial charge in [-0.05, 0) is 53.1 Å². The Morgan fingerprint density at radius 3 is 2.32 bits per heavy atom. The molecule has 11 nitrogen and oxygen atoms in total. The molecule has 1 aliphatic rings. The summed E-state index contributed by atoms with van der Waals surface area (Å²) in [4.78, 5) is 61.0. The molecule has 1 aliphatic heterocycles. The Morgan fingerprint density at radius 2 is 1.66 bits per heavy atom. The van der Waals surface area contributed by atoms with Crippen LogP contribution in [-0.2, 0) is 19.2 Å². The Labute approximate surface area is 312 Å². The number of carbonyl (C=O) groups is 4. The first-order chi connectivity index (χ1) is 25.4. The normalized spacial score (nSPS) is 17.6. The predicted octanol–water partition coefficient (Wildman–Crippen LogP) is 5.91. The van der Waals surface area contributed by atoms with Crippen LogP contribution in [0.1, 0.15) is 75.9 Å². The molecule has 0 saturated carbocycles. The lowest BCUT2D eigenvalue weighted by atomic mass is 9.85. The summed E-state index contributed by atoms with van der Waals surface area (Å²) in [5.41, 5.74) is 2.65. The van der Waals surface area contributed by atoms with Gasteiger partial charge in [0.2, 0.25) is 23.6 Å². The van der Waals surface area contributed by atoms with Gasteiger partial charge in [-0.3, -0.25) is 24.2 Å². The fraction of sp³-hybridized carbons (Fsp3) is 0.341. The molecule has 53 heavy (non-hydrogen) atoms. The van der Waals surface area contributed by atoms with Gasteiger partial charge in [0.1, 0.15) is 29.5 Å². The number of hydrogen-bond acceptors (Lipinski definition) is 8. The van der Waals surface area contributed by atoms with Crippen molar-refractivity contribution in [3.63, 3.8) is 0 Å². The molecule has 4 heterocycles. The van der Waals surface area contributed by atoms with E-state index in [1.54, 1.807) is 29.8 Å². The molecule has 0 aliphatic carbocycles. The molecular formula is C41H45N5O6S. The number of rotatable bonds is 12. The van der Waals surface area contributed by atoms with Crippen molar-refractivity contribution in [2.45, 2.75) is 77.2 Å². The Bertz CT molecular complexity index is 2010. The highest BCUT2D eigenvalue weighted by atomic mass is 32.1. The third-order valence-electron chi connectivity index (χ3n) is 9.49. The number of hydrogen-bond donors (Lipinski definition) is 4. The lowest BCUT2D eigenvalue weighted by molar-refractivity contribution is -0.144. The van der Waals surface area contributed by atoms with Gasteiger partial charge in [0.25, 0.3) is 0 Å². The molecule has 6 rings (SSSR count). The van der Waals surface area contributed by atoms with E-state index in [4.69, 9.17) is 4.42 Å². The fourth-order valence-corrected chi connectivity index (χ4v) is 7.33. The minimum atomic E-state index is -1.01. The summed E-state index contributed by atoms with van der Waals surface area (Å²) in [6.07, 6.45) is 2.15. The van der Waals surface area contributed by atoms with Crippen molar-refractivity contribution in [2.75, 3.05) is 6.54 Å². The molecular weight excluding hydrogens is 691 g/mol. The van der Waals surface area contributed by atoms with Crippen LogP contribution >= 0.6 is 11.3 Å². The number of carbonyl (C=O) groups excluding carboxylic acids is 4. The van der Waals surface area contributed by atoms with Gasteiger partial charge in [-0.15, -0.1) is 11.3 Å². The number of furan rings is 1. The minimum Gasteiger partial charge on any atom is -0.459 e. The summed E-state index contributed by atoms with van der Waals surface area (Å²) >= 11 is 1.65. The number of nitrogens with one attached hydrogen (secondary N) is 3. The van der Waals surface area contributed by atoms with Crippen molar-refractivity contribution in [2.24, 2.45) is 5.41 Å². The van der Waals surface area contributed by atoms with Crippen LogP contribution in [-0.4, -0.2) is 63.4 Å². The first-order valence-electron chi connectivity index (χ1n) is 17.8. The number of amides is 4. The number of fused-ring (bicyclic) bond motifs is 1. The van der Waals surface area contributed by atoms with E-state index >= 15 is 0 Å². The molecule has 0 spiro atoms. The molecule has 4 N–H and O–H groups in total. The number of nitrogens with zero attached hydrogens (tertiary/aromatic N) is 2. The summed E-state index contributed by atoms with van der Waals surface area (Å²) in [6.45, 7) is 7.29. The summed E-state index contributed by atoms with van der Waals surface area (Å²) in [7, 11) is 0. The monoisotopic (exact) mass is 735 g/mol. The number of β-amino-alcohol motifs (C(OH)–C–C–N with tert-alkyl or cyclic N) is 1. The summed E-state index contributed by atoms with van der Waals surface area (Å²) < 4.78 is 6.06. The van der Waals surface area contributed by atoms with E-state index in [0.717, 1.165) is 27.0 Å². The van der Waals surface area contributed by atoms with E-state index in [0.29, 0.717) is 11.3 Å². The zero-order valence-electron chi connectivity index (χ0n) is 30.2. The molecule has 5 atom stereocenters. The average molecular weight is 736 g/mol. The molecule has 276 valence electrons. The minimum absolute atomic E-state index is 0.0385. The Hall–Kier alpha value is -5.33. The smallest absolute Gasteiger partial charge is 0.246 e. The van der Waals surface area contributed by atoms with E-state index in [1.165, 1.54) is 4.90 Å². The second-order valence-corrected chi connectivity index (χ2v) is 15.5. The molecule has 2 aromatic carbocycles. The molecule has 0 bridgehead atoms. The van der Waals surface area contributed by atoms with Gasteiger partial charge in [0, 0.05) is 54.0 Å². The number of aliphatic hydroxyl groups excluding tert-OH is 1. The molecule has 3 aromatic heterocycles. The quantitative estimate of drug-likeness (QED) is 0.124. The highest BCUT2D eigenvalue weighted by molar-refractivity contribution is 7.13. The van der Waals surface area contributed by atoms with Gasteiger partial charge in [-0.2, -0.15) is 0 Å². The van der Waals surface area contributed by atoms with Crippen molar-refractivity contribution >= 4 is 45.9 Å². The maximum Gasteiger partial charge on any atom is 0.246 e. The van der Waals surface area contributed by atoms with Gasteiger partial charge in [-0.1, -0.05) is 75.4 Å². The van der Waals surface area contributed by atoms with E-state index in [-0.39, 0.29) is 43.7 Å². The van der Waals surface area contributed by atoms with E-state index in [2.05, 4.69) is 27.0 Å². The standard InChI is InChI=1S/C41H45N5O6S/c1-25(26-13-15-27(16-14-26)34-12-8-20-53-34)43-39(50)31-22-30(47)24-46(31)40(51)38(41(2,3)4)45-36(49)18-17-35(48)44-37(29-10-7-19-42-23-29)33-21-28-9-5-6-11-32(28)52-33/h5-16,19-21,23,25,30-31,37-38,47H,17-18,22,24H2,1-4H3,(H,43,50)(H,44,48)(H,45,49)/t25-,30-,31+,37?,38-/m1/s1. The van der Waals surface area contributed by atoms with Crippen LogP contribution in [0, 0.1) is 5.41 Å². The van der Waals surface area contributed by atoms with Crippen molar-refractivity contribution in [3.8, 4) is 10.4 Å². The Balaban J connectivity index is 1.08. The SMILES string of the molecule is C[C@@H](NC(=O)[C@@H]1C[C@@H](O)CN1C(=O)[C@@H](NC(=O)CCC(=O)NC(c1cccnc1)c1cc2ccccc2o1)C(C)(C)C)c1ccc(-c2cccs2)cc1. The summed E-state index contributed by atoms with van der Waals surface area (Å²) in [6, 6.07) is 22.1. The highest BCUT2D eigenvalue weighted by Gasteiger charge is 2.44. The first-order valence-corrected chi connectivity index (χ1v) is 18.6. The van der Waals surface area contributed by atoms with Crippen molar-refractivity contribution in [1.82, 2.24) is 25.8 Å². The number of likely N-dealkylation sites (tertiary alicyclic amines) is 1. The Morgan fingerprint density at radius 1 is 0.925 bits per heavy atom. The number of benzene rings is 2. The van der Waals surface area contributed by atoms with Gasteiger partial charge >= 0.3 is 0 Å². The van der Waals surface area contributed by atoms with Crippen molar-refractivity contribution in [1.29, 1.82) is 0 Å². The Kier molecular flexibility index (Phi) is 11.4. The van der Waals surface area contributed by atoms with Gasteiger partial charge in [0.15, 0.2) is 0 Å². The molecule has 1 fully saturated rings. The third kappa shape index (κ3) is 9.01. The summed E-state index contributed by atoms with van der Waals surface area (Å²) in [5.74, 6) is -1.20. The maximum absolute atomic E-state index is 14.1. The first kappa shape index (κ1) is 37.4. The zero-order valence-corrected chi connectivity index (χ0v) is 31.1. The lowest BCUT2D eigenvalue weighted by Gasteiger charge is -2.35.